The van der Waals surface area contributed by atoms with E-state index in [1.165, 1.54) is 6.07 Å². The zero-order valence-corrected chi connectivity index (χ0v) is 11.5. The van der Waals surface area contributed by atoms with Gasteiger partial charge >= 0.3 is 5.97 Å². The van der Waals surface area contributed by atoms with E-state index in [1.54, 1.807) is 23.9 Å². The molecule has 0 bridgehead atoms. The van der Waals surface area contributed by atoms with E-state index in [1.807, 2.05) is 6.92 Å². The Morgan fingerprint density at radius 3 is 2.72 bits per heavy atom. The molecule has 0 aliphatic heterocycles. The van der Waals surface area contributed by atoms with Gasteiger partial charge in [-0.25, -0.2) is 4.79 Å². The molecule has 1 aromatic rings. The Kier molecular flexibility index (Phi) is 6.43. The number of thioether (sulfide) groups is 1. The van der Waals surface area contributed by atoms with Gasteiger partial charge in [0.15, 0.2) is 11.5 Å². The average Bonchev–Trinajstić information content (AvgIpc) is 2.36. The SMILES string of the molecule is CCOc1cccc(C(=O)O)c1OCCSCC. The van der Waals surface area contributed by atoms with Crippen LogP contribution in [0.1, 0.15) is 24.2 Å². The summed E-state index contributed by atoms with van der Waals surface area (Å²) in [6.45, 7) is 4.87. The molecule has 0 unspecified atom stereocenters. The molecule has 0 spiro atoms. The van der Waals surface area contributed by atoms with Crippen molar-refractivity contribution in [3.05, 3.63) is 23.8 Å². The Bertz CT molecular complexity index is 393. The highest BCUT2D eigenvalue weighted by Gasteiger charge is 2.16. The van der Waals surface area contributed by atoms with E-state index >= 15 is 0 Å². The van der Waals surface area contributed by atoms with E-state index in [0.29, 0.717) is 24.7 Å². The van der Waals surface area contributed by atoms with Gasteiger partial charge in [0.25, 0.3) is 0 Å². The molecule has 1 aromatic carbocycles. The van der Waals surface area contributed by atoms with Crippen LogP contribution >= 0.6 is 11.8 Å². The first kappa shape index (κ1) is 14.7. The summed E-state index contributed by atoms with van der Waals surface area (Å²) < 4.78 is 10.9. The number of para-hydroxylation sites is 1. The van der Waals surface area contributed by atoms with Crippen LogP contribution < -0.4 is 9.47 Å². The molecule has 4 nitrogen and oxygen atoms in total. The second-order valence-corrected chi connectivity index (χ2v) is 4.81. The van der Waals surface area contributed by atoms with Gasteiger partial charge in [0.1, 0.15) is 5.56 Å². The first-order valence-corrected chi connectivity index (χ1v) is 7.05. The highest BCUT2D eigenvalue weighted by atomic mass is 32.2. The fraction of sp³-hybridized carbons (Fsp3) is 0.462. The van der Waals surface area contributed by atoms with Crippen LogP contribution in [0.25, 0.3) is 0 Å². The monoisotopic (exact) mass is 270 g/mol. The van der Waals surface area contributed by atoms with Crippen molar-refractivity contribution in [1.29, 1.82) is 0 Å². The summed E-state index contributed by atoms with van der Waals surface area (Å²) in [6.07, 6.45) is 0. The van der Waals surface area contributed by atoms with Crippen LogP contribution in [-0.4, -0.2) is 35.8 Å². The molecule has 0 fully saturated rings. The minimum atomic E-state index is -1.00. The Morgan fingerprint density at radius 2 is 2.11 bits per heavy atom. The summed E-state index contributed by atoms with van der Waals surface area (Å²) in [7, 11) is 0. The maximum absolute atomic E-state index is 11.1. The van der Waals surface area contributed by atoms with Gasteiger partial charge in [0.05, 0.1) is 13.2 Å². The standard InChI is InChI=1S/C13H18O4S/c1-3-16-11-7-5-6-10(13(14)15)12(11)17-8-9-18-4-2/h5-7H,3-4,8-9H2,1-2H3,(H,14,15). The molecular weight excluding hydrogens is 252 g/mol. The normalized spacial score (nSPS) is 10.1. The third-order valence-electron chi connectivity index (χ3n) is 2.19. The molecule has 0 heterocycles. The summed E-state index contributed by atoms with van der Waals surface area (Å²) in [6, 6.07) is 4.90. The minimum absolute atomic E-state index is 0.141. The van der Waals surface area contributed by atoms with Crippen LogP contribution in [0, 0.1) is 0 Å². The lowest BCUT2D eigenvalue weighted by atomic mass is 10.2. The van der Waals surface area contributed by atoms with Gasteiger partial charge < -0.3 is 14.6 Å². The number of carboxylic acids is 1. The lowest BCUT2D eigenvalue weighted by molar-refractivity contribution is 0.0691. The predicted octanol–water partition coefficient (Wildman–Crippen LogP) is 2.92. The molecule has 0 saturated carbocycles. The molecule has 0 saturated heterocycles. The molecule has 18 heavy (non-hydrogen) atoms. The first-order valence-electron chi connectivity index (χ1n) is 5.90. The summed E-state index contributed by atoms with van der Waals surface area (Å²) in [5.41, 5.74) is 0.141. The van der Waals surface area contributed by atoms with E-state index in [4.69, 9.17) is 14.6 Å². The quantitative estimate of drug-likeness (QED) is 0.736. The molecule has 100 valence electrons. The van der Waals surface area contributed by atoms with Crippen molar-refractivity contribution in [2.45, 2.75) is 13.8 Å². The minimum Gasteiger partial charge on any atom is -0.490 e. The third-order valence-corrected chi connectivity index (χ3v) is 3.05. The molecule has 0 atom stereocenters. The van der Waals surface area contributed by atoms with E-state index in [2.05, 4.69) is 6.92 Å². The second kappa shape index (κ2) is 7.87. The zero-order valence-electron chi connectivity index (χ0n) is 10.6. The van der Waals surface area contributed by atoms with Gasteiger partial charge in [-0.1, -0.05) is 13.0 Å². The van der Waals surface area contributed by atoms with Crippen molar-refractivity contribution in [2.24, 2.45) is 0 Å². The fourth-order valence-corrected chi connectivity index (χ4v) is 1.94. The lowest BCUT2D eigenvalue weighted by Gasteiger charge is -2.13. The number of rotatable bonds is 8. The predicted molar refractivity (Wildman–Crippen MR) is 73.1 cm³/mol. The van der Waals surface area contributed by atoms with Crippen molar-refractivity contribution in [3.63, 3.8) is 0 Å². The summed E-state index contributed by atoms with van der Waals surface area (Å²) in [5, 5.41) is 9.12. The van der Waals surface area contributed by atoms with Gasteiger partial charge in [0, 0.05) is 5.75 Å². The molecular formula is C13H18O4S. The lowest BCUT2D eigenvalue weighted by Crippen LogP contribution is -2.08. The van der Waals surface area contributed by atoms with Crippen molar-refractivity contribution >= 4 is 17.7 Å². The smallest absolute Gasteiger partial charge is 0.339 e. The molecule has 0 aliphatic rings. The van der Waals surface area contributed by atoms with E-state index in [9.17, 15) is 4.79 Å². The molecule has 1 rings (SSSR count). The number of hydrogen-bond donors (Lipinski definition) is 1. The summed E-state index contributed by atoms with van der Waals surface area (Å²) in [4.78, 5) is 11.1. The fourth-order valence-electron chi connectivity index (χ4n) is 1.45. The van der Waals surface area contributed by atoms with E-state index in [-0.39, 0.29) is 5.56 Å². The average molecular weight is 270 g/mol. The Hall–Kier alpha value is -1.36. The summed E-state index contributed by atoms with van der Waals surface area (Å²) in [5.74, 6) is 1.65. The largest absolute Gasteiger partial charge is 0.490 e. The number of aromatic carboxylic acids is 1. The highest BCUT2D eigenvalue weighted by molar-refractivity contribution is 7.99. The molecule has 1 N–H and O–H groups in total. The maximum atomic E-state index is 11.1. The number of carboxylic acid groups (broad SMARTS) is 1. The van der Waals surface area contributed by atoms with Crippen molar-refractivity contribution < 1.29 is 19.4 Å². The number of ether oxygens (including phenoxy) is 2. The Labute approximate surface area is 111 Å². The van der Waals surface area contributed by atoms with Gasteiger partial charge in [-0.15, -0.1) is 0 Å². The van der Waals surface area contributed by atoms with Gasteiger partial charge in [-0.2, -0.15) is 11.8 Å². The molecule has 0 radical (unpaired) electrons. The molecule has 5 heteroatoms. The summed E-state index contributed by atoms with van der Waals surface area (Å²) >= 11 is 1.75. The molecule has 0 amide bonds. The number of carbonyl (C=O) groups is 1. The van der Waals surface area contributed by atoms with Crippen molar-refractivity contribution in [1.82, 2.24) is 0 Å². The van der Waals surface area contributed by atoms with E-state index in [0.717, 1.165) is 11.5 Å². The maximum Gasteiger partial charge on any atom is 0.339 e. The van der Waals surface area contributed by atoms with Crippen LogP contribution in [0.15, 0.2) is 18.2 Å². The molecule has 0 aliphatic carbocycles. The van der Waals surface area contributed by atoms with Gasteiger partial charge in [0.2, 0.25) is 0 Å². The van der Waals surface area contributed by atoms with Crippen LogP contribution in [-0.2, 0) is 0 Å². The molecule has 0 aromatic heterocycles. The van der Waals surface area contributed by atoms with Crippen LogP contribution in [0.2, 0.25) is 0 Å². The first-order chi connectivity index (χ1) is 8.70. The topological polar surface area (TPSA) is 55.8 Å². The van der Waals surface area contributed by atoms with Crippen LogP contribution in [0.5, 0.6) is 11.5 Å². The Balaban J connectivity index is 2.85. The number of hydrogen-bond acceptors (Lipinski definition) is 4. The second-order valence-electron chi connectivity index (χ2n) is 3.42. The number of benzene rings is 1. The van der Waals surface area contributed by atoms with Crippen LogP contribution in [0.4, 0.5) is 0 Å². The van der Waals surface area contributed by atoms with Crippen molar-refractivity contribution in [2.75, 3.05) is 24.7 Å². The third kappa shape index (κ3) is 4.14. The Morgan fingerprint density at radius 1 is 1.33 bits per heavy atom. The van der Waals surface area contributed by atoms with E-state index < -0.39 is 5.97 Å². The highest BCUT2D eigenvalue weighted by Crippen LogP contribution is 2.31. The zero-order chi connectivity index (χ0) is 13.4. The van der Waals surface area contributed by atoms with Crippen molar-refractivity contribution in [3.8, 4) is 11.5 Å². The van der Waals surface area contributed by atoms with Gasteiger partial charge in [-0.3, -0.25) is 0 Å². The van der Waals surface area contributed by atoms with Crippen LogP contribution in [0.3, 0.4) is 0 Å². The van der Waals surface area contributed by atoms with Gasteiger partial charge in [-0.05, 0) is 24.8 Å².